The SMILES string of the molecule is CC1CC(COC(=O)OCOC2=Nc3cc(OCCCCN4CCN(c5cccc(Cl)c5Cl)CC4)ccc3CC2)C1. The van der Waals surface area contributed by atoms with Crippen LogP contribution in [0.3, 0.4) is 0 Å². The molecular formula is C31H39Cl2N3O5. The number of piperazine rings is 1. The summed E-state index contributed by atoms with van der Waals surface area (Å²) in [7, 11) is 0. The minimum atomic E-state index is -0.693. The number of aryl methyl sites for hydroxylation is 1. The van der Waals surface area contributed by atoms with Crippen molar-refractivity contribution in [3.8, 4) is 5.75 Å². The Morgan fingerprint density at radius 3 is 2.63 bits per heavy atom. The van der Waals surface area contributed by atoms with Crippen LogP contribution in [0.2, 0.25) is 10.0 Å². The van der Waals surface area contributed by atoms with Gasteiger partial charge < -0.3 is 23.8 Å². The van der Waals surface area contributed by atoms with Gasteiger partial charge in [-0.25, -0.2) is 9.79 Å². The topological polar surface area (TPSA) is 72.8 Å². The molecule has 0 unspecified atom stereocenters. The number of rotatable bonds is 11. The van der Waals surface area contributed by atoms with Crippen LogP contribution < -0.4 is 9.64 Å². The van der Waals surface area contributed by atoms with Gasteiger partial charge in [-0.1, -0.05) is 42.3 Å². The summed E-state index contributed by atoms with van der Waals surface area (Å²) in [5.41, 5.74) is 3.00. The number of fused-ring (bicyclic) bond motifs is 1. The van der Waals surface area contributed by atoms with Gasteiger partial charge in [0.25, 0.3) is 0 Å². The monoisotopic (exact) mass is 603 g/mol. The lowest BCUT2D eigenvalue weighted by atomic mass is 9.77. The molecular weight excluding hydrogens is 565 g/mol. The van der Waals surface area contributed by atoms with Gasteiger partial charge in [-0.05, 0) is 74.2 Å². The van der Waals surface area contributed by atoms with Crippen molar-refractivity contribution >= 4 is 46.6 Å². The Hall–Kier alpha value is -2.68. The number of hydrogen-bond acceptors (Lipinski definition) is 8. The molecule has 0 aromatic heterocycles. The summed E-state index contributed by atoms with van der Waals surface area (Å²) in [4.78, 5) is 21.2. The molecule has 0 bridgehead atoms. The zero-order valence-electron chi connectivity index (χ0n) is 23.7. The number of aliphatic imine (C=N–C) groups is 1. The lowest BCUT2D eigenvalue weighted by molar-refractivity contribution is -0.0158. The fraction of sp³-hybridized carbons (Fsp3) is 0.548. The number of anilines is 1. The van der Waals surface area contributed by atoms with Crippen molar-refractivity contribution in [3.05, 3.63) is 52.0 Å². The second-order valence-corrected chi connectivity index (χ2v) is 11.9. The number of benzene rings is 2. The van der Waals surface area contributed by atoms with Crippen LogP contribution in [0.5, 0.6) is 5.75 Å². The van der Waals surface area contributed by atoms with Crippen LogP contribution in [-0.4, -0.2) is 69.7 Å². The fourth-order valence-corrected chi connectivity index (χ4v) is 6.06. The average Bonchev–Trinajstić information content (AvgIpc) is 2.96. The van der Waals surface area contributed by atoms with E-state index < -0.39 is 6.16 Å². The van der Waals surface area contributed by atoms with E-state index in [-0.39, 0.29) is 6.79 Å². The lowest BCUT2D eigenvalue weighted by Gasteiger charge is -2.36. The molecule has 2 aromatic carbocycles. The molecule has 2 aliphatic heterocycles. The first-order chi connectivity index (χ1) is 19.9. The van der Waals surface area contributed by atoms with Crippen molar-refractivity contribution in [1.29, 1.82) is 0 Å². The van der Waals surface area contributed by atoms with Crippen molar-refractivity contribution in [1.82, 2.24) is 4.90 Å². The Morgan fingerprint density at radius 2 is 1.83 bits per heavy atom. The maximum atomic E-state index is 11.8. The highest BCUT2D eigenvalue weighted by Crippen LogP contribution is 2.34. The molecule has 0 radical (unpaired) electrons. The summed E-state index contributed by atoms with van der Waals surface area (Å²) in [5.74, 6) is 2.52. The van der Waals surface area contributed by atoms with Crippen LogP contribution in [0.4, 0.5) is 16.2 Å². The van der Waals surface area contributed by atoms with Crippen LogP contribution in [-0.2, 0) is 20.6 Å². The molecule has 222 valence electrons. The maximum Gasteiger partial charge on any atom is 0.511 e. The van der Waals surface area contributed by atoms with Gasteiger partial charge in [0.1, 0.15) is 5.75 Å². The Balaban J connectivity index is 0.971. The minimum Gasteiger partial charge on any atom is -0.494 e. The standard InChI is InChI=1S/C31H39Cl2N3O5/c1-22-17-23(18-22)20-39-31(37)41-21-40-29-10-8-24-7-9-25(19-27(24)34-29)38-16-3-2-11-35-12-14-36(15-13-35)28-6-4-5-26(32)30(28)33/h4-7,9,19,22-23H,2-3,8,10-18,20-21H2,1H3. The van der Waals surface area contributed by atoms with Gasteiger partial charge in [0.15, 0.2) is 5.90 Å². The van der Waals surface area contributed by atoms with Crippen molar-refractivity contribution in [2.24, 2.45) is 16.8 Å². The van der Waals surface area contributed by atoms with Gasteiger partial charge in [0.05, 0.1) is 34.6 Å². The molecule has 2 aromatic rings. The summed E-state index contributed by atoms with van der Waals surface area (Å²) < 4.78 is 21.8. The zero-order chi connectivity index (χ0) is 28.6. The molecule has 0 amide bonds. The van der Waals surface area contributed by atoms with E-state index in [2.05, 4.69) is 27.8 Å². The Morgan fingerprint density at radius 1 is 1.00 bits per heavy atom. The lowest BCUT2D eigenvalue weighted by Crippen LogP contribution is -2.46. The van der Waals surface area contributed by atoms with Crippen molar-refractivity contribution in [2.75, 3.05) is 57.6 Å². The summed E-state index contributed by atoms with van der Waals surface area (Å²) in [6, 6.07) is 11.8. The molecule has 2 heterocycles. The summed E-state index contributed by atoms with van der Waals surface area (Å²) in [5, 5.41) is 1.24. The molecule has 5 rings (SSSR count). The number of halogens is 2. The van der Waals surface area contributed by atoms with Crippen LogP contribution in [0, 0.1) is 11.8 Å². The van der Waals surface area contributed by atoms with Crippen molar-refractivity contribution in [3.63, 3.8) is 0 Å². The second-order valence-electron chi connectivity index (χ2n) is 11.2. The first-order valence-electron chi connectivity index (χ1n) is 14.6. The third kappa shape index (κ3) is 8.43. The third-order valence-corrected chi connectivity index (χ3v) is 8.81. The normalized spacial score (nSPS) is 20.5. The van der Waals surface area contributed by atoms with Crippen LogP contribution in [0.1, 0.15) is 44.6 Å². The van der Waals surface area contributed by atoms with Gasteiger partial charge in [-0.3, -0.25) is 4.90 Å². The van der Waals surface area contributed by atoms with Gasteiger partial charge in [0.2, 0.25) is 6.79 Å². The number of carbonyl (C=O) groups excluding carboxylic acids is 1. The highest BCUT2D eigenvalue weighted by atomic mass is 35.5. The molecule has 8 nitrogen and oxygen atoms in total. The minimum absolute atomic E-state index is 0.201. The van der Waals surface area contributed by atoms with E-state index in [1.54, 1.807) is 0 Å². The van der Waals surface area contributed by atoms with Gasteiger partial charge in [-0.2, -0.15) is 0 Å². The van der Waals surface area contributed by atoms with Crippen LogP contribution >= 0.6 is 23.2 Å². The predicted molar refractivity (Wildman–Crippen MR) is 162 cm³/mol. The Bertz CT molecular complexity index is 1210. The summed E-state index contributed by atoms with van der Waals surface area (Å²) in [6.45, 7) is 8.00. The smallest absolute Gasteiger partial charge is 0.494 e. The molecule has 3 aliphatic rings. The molecule has 0 atom stereocenters. The largest absolute Gasteiger partial charge is 0.511 e. The average molecular weight is 605 g/mol. The summed E-state index contributed by atoms with van der Waals surface area (Å²) in [6.07, 6.45) is 5.03. The molecule has 0 spiro atoms. The van der Waals surface area contributed by atoms with E-state index >= 15 is 0 Å². The Kier molecular flexibility index (Phi) is 10.5. The number of unbranched alkanes of at least 4 members (excludes halogenated alkanes) is 1. The van der Waals surface area contributed by atoms with E-state index in [9.17, 15) is 4.79 Å². The second kappa shape index (κ2) is 14.5. The van der Waals surface area contributed by atoms with Gasteiger partial charge in [0, 0.05) is 38.7 Å². The highest BCUT2D eigenvalue weighted by molar-refractivity contribution is 6.43. The van der Waals surface area contributed by atoms with Crippen molar-refractivity contribution < 1.29 is 23.7 Å². The quantitative estimate of drug-likeness (QED) is 0.154. The zero-order valence-corrected chi connectivity index (χ0v) is 25.2. The number of ether oxygens (including phenoxy) is 4. The van der Waals surface area contributed by atoms with Crippen LogP contribution in [0.25, 0.3) is 0 Å². The molecule has 1 saturated heterocycles. The van der Waals surface area contributed by atoms with E-state index in [1.165, 1.54) is 0 Å². The molecule has 1 saturated carbocycles. The predicted octanol–water partition coefficient (Wildman–Crippen LogP) is 7.12. The molecule has 10 heteroatoms. The van der Waals surface area contributed by atoms with E-state index in [4.69, 9.17) is 42.1 Å². The number of hydrogen-bond donors (Lipinski definition) is 0. The van der Waals surface area contributed by atoms with Gasteiger partial charge in [-0.15, -0.1) is 0 Å². The van der Waals surface area contributed by atoms with E-state index in [1.807, 2.05) is 30.3 Å². The van der Waals surface area contributed by atoms with E-state index in [0.717, 1.165) is 93.4 Å². The van der Waals surface area contributed by atoms with Gasteiger partial charge >= 0.3 is 6.16 Å². The highest BCUT2D eigenvalue weighted by Gasteiger charge is 2.26. The molecule has 1 aliphatic carbocycles. The molecule has 41 heavy (non-hydrogen) atoms. The van der Waals surface area contributed by atoms with Crippen LogP contribution in [0.15, 0.2) is 41.4 Å². The maximum absolute atomic E-state index is 11.8. The molecule has 2 fully saturated rings. The first kappa shape index (κ1) is 29.8. The van der Waals surface area contributed by atoms with E-state index in [0.29, 0.717) is 41.5 Å². The Labute approximate surface area is 252 Å². The summed E-state index contributed by atoms with van der Waals surface area (Å²) >= 11 is 12.6. The molecule has 0 N–H and O–H groups in total. The number of carbonyl (C=O) groups is 1. The van der Waals surface area contributed by atoms with Crippen molar-refractivity contribution in [2.45, 2.75) is 45.4 Å². The first-order valence-corrected chi connectivity index (χ1v) is 15.4. The third-order valence-electron chi connectivity index (χ3n) is 8.00. The fourth-order valence-electron chi connectivity index (χ4n) is 5.64. The number of nitrogens with zero attached hydrogens (tertiary/aromatic N) is 3.